The molecule has 19 heavy (non-hydrogen) atoms. The lowest BCUT2D eigenvalue weighted by Crippen LogP contribution is -2.19. The van der Waals surface area contributed by atoms with Crippen LogP contribution in [-0.2, 0) is 0 Å². The van der Waals surface area contributed by atoms with Crippen LogP contribution in [0.2, 0.25) is 5.02 Å². The zero-order chi connectivity index (χ0) is 13.8. The molecule has 0 aliphatic heterocycles. The molecule has 0 spiro atoms. The fourth-order valence-electron chi connectivity index (χ4n) is 2.25. The van der Waals surface area contributed by atoms with Crippen LogP contribution < -0.4 is 5.32 Å². The molecule has 0 fully saturated rings. The van der Waals surface area contributed by atoms with Crippen LogP contribution >= 0.6 is 11.6 Å². The van der Waals surface area contributed by atoms with Gasteiger partial charge >= 0.3 is 0 Å². The summed E-state index contributed by atoms with van der Waals surface area (Å²) in [5, 5.41) is 4.19. The van der Waals surface area contributed by atoms with E-state index < -0.39 is 0 Å². The first-order valence-electron chi connectivity index (χ1n) is 6.76. The van der Waals surface area contributed by atoms with E-state index in [-0.39, 0.29) is 6.04 Å². The van der Waals surface area contributed by atoms with Gasteiger partial charge in [0.15, 0.2) is 0 Å². The van der Waals surface area contributed by atoms with E-state index in [1.807, 2.05) is 37.3 Å². The van der Waals surface area contributed by atoms with Gasteiger partial charge in [-0.1, -0.05) is 37.6 Å². The molecule has 0 bridgehead atoms. The molecule has 0 saturated carbocycles. The number of nitrogens with one attached hydrogen (secondary N) is 1. The molecule has 1 heterocycles. The maximum atomic E-state index is 6.16. The predicted molar refractivity (Wildman–Crippen MR) is 80.6 cm³/mol. The Labute approximate surface area is 119 Å². The molecular formula is C16H20ClNO. The first-order valence-corrected chi connectivity index (χ1v) is 7.13. The minimum absolute atomic E-state index is 0.276. The molecule has 0 saturated heterocycles. The van der Waals surface area contributed by atoms with Gasteiger partial charge in [-0.3, -0.25) is 0 Å². The Morgan fingerprint density at radius 1 is 1.21 bits per heavy atom. The second-order valence-corrected chi connectivity index (χ2v) is 5.04. The van der Waals surface area contributed by atoms with Crippen molar-refractivity contribution in [3.8, 4) is 11.3 Å². The first kappa shape index (κ1) is 14.2. The summed E-state index contributed by atoms with van der Waals surface area (Å²) in [5.74, 6) is 1.87. The van der Waals surface area contributed by atoms with Gasteiger partial charge in [0.05, 0.1) is 6.04 Å². The Bertz CT molecular complexity index is 547. The van der Waals surface area contributed by atoms with Crippen molar-refractivity contribution in [1.29, 1.82) is 0 Å². The van der Waals surface area contributed by atoms with Crippen LogP contribution in [0, 0.1) is 6.92 Å². The lowest BCUT2D eigenvalue weighted by molar-refractivity contribution is 0.417. The Morgan fingerprint density at radius 2 is 2.00 bits per heavy atom. The highest BCUT2D eigenvalue weighted by atomic mass is 35.5. The molecule has 0 amide bonds. The molecule has 0 radical (unpaired) electrons. The van der Waals surface area contributed by atoms with Gasteiger partial charge in [-0.15, -0.1) is 0 Å². The fraction of sp³-hybridized carbons (Fsp3) is 0.375. The van der Waals surface area contributed by atoms with Crippen LogP contribution in [0.5, 0.6) is 0 Å². The van der Waals surface area contributed by atoms with Gasteiger partial charge in [0, 0.05) is 10.6 Å². The quantitative estimate of drug-likeness (QED) is 0.835. The van der Waals surface area contributed by atoms with Gasteiger partial charge in [0.2, 0.25) is 0 Å². The third-order valence-electron chi connectivity index (χ3n) is 3.36. The van der Waals surface area contributed by atoms with E-state index in [4.69, 9.17) is 16.0 Å². The summed E-state index contributed by atoms with van der Waals surface area (Å²) in [7, 11) is 0. The Balaban J connectivity index is 2.32. The van der Waals surface area contributed by atoms with Crippen molar-refractivity contribution >= 4 is 11.6 Å². The zero-order valence-corrected chi connectivity index (χ0v) is 12.4. The summed E-state index contributed by atoms with van der Waals surface area (Å²) in [6.07, 6.45) is 1.01. The number of furan rings is 1. The van der Waals surface area contributed by atoms with Crippen LogP contribution in [-0.4, -0.2) is 6.54 Å². The van der Waals surface area contributed by atoms with Crippen LogP contribution in [0.15, 0.2) is 34.7 Å². The van der Waals surface area contributed by atoms with E-state index in [9.17, 15) is 0 Å². The normalized spacial score (nSPS) is 12.6. The molecule has 1 N–H and O–H groups in total. The maximum absolute atomic E-state index is 6.16. The van der Waals surface area contributed by atoms with Gasteiger partial charge in [-0.25, -0.2) is 0 Å². The van der Waals surface area contributed by atoms with Crippen molar-refractivity contribution < 1.29 is 4.42 Å². The van der Waals surface area contributed by atoms with Crippen molar-refractivity contribution in [3.05, 3.63) is 46.7 Å². The second-order valence-electron chi connectivity index (χ2n) is 4.63. The SMILES string of the molecule is CCNC(CC)c1ccc(-c2cccc(Cl)c2C)o1. The number of benzene rings is 1. The van der Waals surface area contributed by atoms with Crippen LogP contribution in [0.4, 0.5) is 0 Å². The predicted octanol–water partition coefficient (Wildman–Crippen LogP) is 4.97. The van der Waals surface area contributed by atoms with E-state index >= 15 is 0 Å². The molecule has 0 aliphatic rings. The Morgan fingerprint density at radius 3 is 2.68 bits per heavy atom. The van der Waals surface area contributed by atoms with E-state index in [2.05, 4.69) is 19.2 Å². The summed E-state index contributed by atoms with van der Waals surface area (Å²) in [6.45, 7) is 7.21. The zero-order valence-electron chi connectivity index (χ0n) is 11.7. The average molecular weight is 278 g/mol. The van der Waals surface area contributed by atoms with Gasteiger partial charge in [-0.05, 0) is 43.7 Å². The third-order valence-corrected chi connectivity index (χ3v) is 3.77. The van der Waals surface area contributed by atoms with Crippen LogP contribution in [0.3, 0.4) is 0 Å². The molecule has 1 aromatic carbocycles. The molecule has 2 nitrogen and oxygen atoms in total. The Kier molecular flexibility index (Phi) is 4.67. The molecule has 102 valence electrons. The van der Waals surface area contributed by atoms with E-state index in [1.54, 1.807) is 0 Å². The van der Waals surface area contributed by atoms with Gasteiger partial charge in [0.1, 0.15) is 11.5 Å². The van der Waals surface area contributed by atoms with Gasteiger partial charge in [-0.2, -0.15) is 0 Å². The third kappa shape index (κ3) is 3.02. The molecule has 2 aromatic rings. The van der Waals surface area contributed by atoms with Crippen molar-refractivity contribution in [2.75, 3.05) is 6.54 Å². The number of hydrogen-bond acceptors (Lipinski definition) is 2. The first-order chi connectivity index (χ1) is 9.17. The molecule has 1 unspecified atom stereocenters. The highest BCUT2D eigenvalue weighted by Gasteiger charge is 2.14. The second kappa shape index (κ2) is 6.27. The molecule has 1 atom stereocenters. The van der Waals surface area contributed by atoms with Crippen LogP contribution in [0.25, 0.3) is 11.3 Å². The summed E-state index contributed by atoms with van der Waals surface area (Å²) in [4.78, 5) is 0. The molecule has 2 rings (SSSR count). The number of hydrogen-bond donors (Lipinski definition) is 1. The standard InChI is InChI=1S/C16H20ClNO/c1-4-14(18-5-2)16-10-9-15(19-16)12-7-6-8-13(17)11(12)3/h6-10,14,18H,4-5H2,1-3H3. The molecule has 0 aliphatic carbocycles. The van der Waals surface area contributed by atoms with Gasteiger partial charge in [0.25, 0.3) is 0 Å². The fourth-order valence-corrected chi connectivity index (χ4v) is 2.43. The summed E-state index contributed by atoms with van der Waals surface area (Å²) in [6, 6.07) is 10.2. The minimum Gasteiger partial charge on any atom is -0.459 e. The largest absolute Gasteiger partial charge is 0.459 e. The van der Waals surface area contributed by atoms with E-state index in [1.165, 1.54) is 0 Å². The highest BCUT2D eigenvalue weighted by Crippen LogP contribution is 2.31. The summed E-state index contributed by atoms with van der Waals surface area (Å²) in [5.41, 5.74) is 2.12. The van der Waals surface area contributed by atoms with Gasteiger partial charge < -0.3 is 9.73 Å². The van der Waals surface area contributed by atoms with Crippen molar-refractivity contribution in [3.63, 3.8) is 0 Å². The Hall–Kier alpha value is -1.25. The molecule has 1 aromatic heterocycles. The average Bonchev–Trinajstić information content (AvgIpc) is 2.88. The van der Waals surface area contributed by atoms with Crippen LogP contribution in [0.1, 0.15) is 37.6 Å². The number of rotatable bonds is 5. The topological polar surface area (TPSA) is 25.2 Å². The van der Waals surface area contributed by atoms with E-state index in [0.29, 0.717) is 0 Å². The van der Waals surface area contributed by atoms with Crippen molar-refractivity contribution in [2.45, 2.75) is 33.2 Å². The number of halogens is 1. The minimum atomic E-state index is 0.276. The van der Waals surface area contributed by atoms with E-state index in [0.717, 1.165) is 40.6 Å². The summed E-state index contributed by atoms with van der Waals surface area (Å²) >= 11 is 6.16. The van der Waals surface area contributed by atoms with Crippen molar-refractivity contribution in [1.82, 2.24) is 5.32 Å². The monoisotopic (exact) mass is 277 g/mol. The lowest BCUT2D eigenvalue weighted by Gasteiger charge is -2.12. The maximum Gasteiger partial charge on any atom is 0.134 e. The van der Waals surface area contributed by atoms with Crippen molar-refractivity contribution in [2.24, 2.45) is 0 Å². The lowest BCUT2D eigenvalue weighted by atomic mass is 10.1. The summed E-state index contributed by atoms with van der Waals surface area (Å²) < 4.78 is 5.99. The molecular weight excluding hydrogens is 258 g/mol. The molecule has 3 heteroatoms. The highest BCUT2D eigenvalue weighted by molar-refractivity contribution is 6.31. The smallest absolute Gasteiger partial charge is 0.134 e.